The molecule has 0 radical (unpaired) electrons. The molecule has 0 saturated heterocycles. The molecule has 0 fully saturated rings. The summed E-state index contributed by atoms with van der Waals surface area (Å²) in [6, 6.07) is 12.8. The SMILES string of the molecule is CCCCC(CC)CNC(=O)c1ccc(CN(c2cccc(C)c2C)S(C)(=O)=O)cc1. The molecule has 5 nitrogen and oxygen atoms in total. The lowest BCUT2D eigenvalue weighted by Gasteiger charge is -2.25. The number of hydrogen-bond donors (Lipinski definition) is 1. The minimum Gasteiger partial charge on any atom is -0.352 e. The summed E-state index contributed by atoms with van der Waals surface area (Å²) >= 11 is 0. The molecule has 1 amide bonds. The molecule has 1 atom stereocenters. The first kappa shape index (κ1) is 24.9. The Morgan fingerprint density at radius 2 is 1.74 bits per heavy atom. The van der Waals surface area contributed by atoms with Gasteiger partial charge in [0.15, 0.2) is 0 Å². The van der Waals surface area contributed by atoms with Crippen molar-refractivity contribution >= 4 is 21.6 Å². The number of nitrogens with zero attached hydrogens (tertiary/aromatic N) is 1. The first-order valence-electron chi connectivity index (χ1n) is 11.1. The van der Waals surface area contributed by atoms with Crippen LogP contribution in [-0.4, -0.2) is 27.1 Å². The van der Waals surface area contributed by atoms with Crippen LogP contribution in [0.25, 0.3) is 0 Å². The predicted octanol–water partition coefficient (Wildman–Crippen LogP) is 5.22. The molecular formula is C25H36N2O3S. The average Bonchev–Trinajstić information content (AvgIpc) is 2.74. The lowest BCUT2D eigenvalue weighted by atomic mass is 9.99. The van der Waals surface area contributed by atoms with E-state index in [-0.39, 0.29) is 12.5 Å². The van der Waals surface area contributed by atoms with Crippen LogP contribution in [0.3, 0.4) is 0 Å². The topological polar surface area (TPSA) is 66.5 Å². The van der Waals surface area contributed by atoms with Crippen molar-refractivity contribution in [1.82, 2.24) is 5.32 Å². The fourth-order valence-corrected chi connectivity index (χ4v) is 4.54. The molecule has 2 aromatic carbocycles. The van der Waals surface area contributed by atoms with Crippen molar-refractivity contribution in [3.63, 3.8) is 0 Å². The Morgan fingerprint density at radius 1 is 1.06 bits per heavy atom. The Kier molecular flexibility index (Phi) is 9.11. The van der Waals surface area contributed by atoms with E-state index in [0.717, 1.165) is 29.5 Å². The largest absolute Gasteiger partial charge is 0.352 e. The van der Waals surface area contributed by atoms with Gasteiger partial charge in [-0.2, -0.15) is 0 Å². The fourth-order valence-electron chi connectivity index (χ4n) is 3.60. The first-order valence-corrected chi connectivity index (χ1v) is 12.9. The highest BCUT2D eigenvalue weighted by Gasteiger charge is 2.20. The van der Waals surface area contributed by atoms with Gasteiger partial charge in [0.25, 0.3) is 5.91 Å². The molecule has 1 N–H and O–H groups in total. The summed E-state index contributed by atoms with van der Waals surface area (Å²) < 4.78 is 26.4. The zero-order valence-electron chi connectivity index (χ0n) is 19.4. The molecule has 6 heteroatoms. The molecule has 0 aliphatic heterocycles. The number of rotatable bonds is 11. The second-order valence-electron chi connectivity index (χ2n) is 8.31. The molecule has 0 bridgehead atoms. The Hall–Kier alpha value is -2.34. The average molecular weight is 445 g/mol. The number of carbonyl (C=O) groups excluding carboxylic acids is 1. The van der Waals surface area contributed by atoms with Crippen molar-refractivity contribution in [3.8, 4) is 0 Å². The van der Waals surface area contributed by atoms with E-state index in [9.17, 15) is 13.2 Å². The number of nitrogens with one attached hydrogen (secondary N) is 1. The predicted molar refractivity (Wildman–Crippen MR) is 129 cm³/mol. The molecule has 170 valence electrons. The van der Waals surface area contributed by atoms with Gasteiger partial charge in [-0.15, -0.1) is 0 Å². The smallest absolute Gasteiger partial charge is 0.251 e. The number of sulfonamides is 1. The van der Waals surface area contributed by atoms with Crippen molar-refractivity contribution in [3.05, 3.63) is 64.7 Å². The van der Waals surface area contributed by atoms with E-state index in [0.29, 0.717) is 23.7 Å². The monoisotopic (exact) mass is 444 g/mol. The van der Waals surface area contributed by atoms with Gasteiger partial charge < -0.3 is 5.32 Å². The van der Waals surface area contributed by atoms with Crippen molar-refractivity contribution in [2.75, 3.05) is 17.1 Å². The molecule has 0 heterocycles. The molecule has 1 unspecified atom stereocenters. The van der Waals surface area contributed by atoms with Gasteiger partial charge in [-0.05, 0) is 61.1 Å². The summed E-state index contributed by atoms with van der Waals surface area (Å²) in [6.45, 7) is 9.15. The van der Waals surface area contributed by atoms with Crippen LogP contribution >= 0.6 is 0 Å². The number of amides is 1. The van der Waals surface area contributed by atoms with Crippen LogP contribution < -0.4 is 9.62 Å². The second-order valence-corrected chi connectivity index (χ2v) is 10.2. The fraction of sp³-hybridized carbons (Fsp3) is 0.480. The molecule has 2 rings (SSSR count). The van der Waals surface area contributed by atoms with Gasteiger partial charge in [0, 0.05) is 12.1 Å². The van der Waals surface area contributed by atoms with Gasteiger partial charge in [-0.25, -0.2) is 8.42 Å². The van der Waals surface area contributed by atoms with Gasteiger partial charge in [0.2, 0.25) is 10.0 Å². The van der Waals surface area contributed by atoms with Crippen LogP contribution in [0.5, 0.6) is 0 Å². The molecule has 31 heavy (non-hydrogen) atoms. The quantitative estimate of drug-likeness (QED) is 0.517. The number of benzene rings is 2. The zero-order valence-corrected chi connectivity index (χ0v) is 20.3. The minimum atomic E-state index is -3.46. The molecule has 0 aromatic heterocycles. The summed E-state index contributed by atoms with van der Waals surface area (Å²) in [5, 5.41) is 3.04. The Bertz CT molecular complexity index is 969. The van der Waals surface area contributed by atoms with Crippen LogP contribution in [0.4, 0.5) is 5.69 Å². The second kappa shape index (κ2) is 11.3. The normalized spacial score (nSPS) is 12.4. The van der Waals surface area contributed by atoms with Crippen molar-refractivity contribution < 1.29 is 13.2 Å². The van der Waals surface area contributed by atoms with Crippen LogP contribution in [0.15, 0.2) is 42.5 Å². The highest BCUT2D eigenvalue weighted by molar-refractivity contribution is 7.92. The van der Waals surface area contributed by atoms with Crippen molar-refractivity contribution in [2.45, 2.75) is 59.9 Å². The first-order chi connectivity index (χ1) is 14.7. The maximum Gasteiger partial charge on any atom is 0.251 e. The third kappa shape index (κ3) is 7.10. The van der Waals surface area contributed by atoms with E-state index in [4.69, 9.17) is 0 Å². The summed E-state index contributed by atoms with van der Waals surface area (Å²) in [5.74, 6) is 0.417. The van der Waals surface area contributed by atoms with E-state index < -0.39 is 10.0 Å². The Balaban J connectivity index is 2.11. The van der Waals surface area contributed by atoms with E-state index in [2.05, 4.69) is 19.2 Å². The maximum atomic E-state index is 12.5. The standard InChI is InChI=1S/C25H36N2O3S/c1-6-8-11-21(7-2)17-26-25(28)23-15-13-22(14-16-23)18-27(31(5,29)30)24-12-9-10-19(3)20(24)4/h9-10,12-16,21H,6-8,11,17-18H2,1-5H3,(H,26,28). The molecule has 0 aliphatic carbocycles. The highest BCUT2D eigenvalue weighted by atomic mass is 32.2. The number of anilines is 1. The van der Waals surface area contributed by atoms with E-state index >= 15 is 0 Å². The van der Waals surface area contributed by atoms with Crippen LogP contribution in [0, 0.1) is 19.8 Å². The third-order valence-electron chi connectivity index (χ3n) is 5.88. The molecule has 2 aromatic rings. The number of hydrogen-bond acceptors (Lipinski definition) is 3. The number of aryl methyl sites for hydroxylation is 1. The van der Waals surface area contributed by atoms with Crippen LogP contribution in [0.1, 0.15) is 66.6 Å². The Morgan fingerprint density at radius 3 is 2.32 bits per heavy atom. The maximum absolute atomic E-state index is 12.5. The summed E-state index contributed by atoms with van der Waals surface area (Å²) in [6.07, 6.45) is 5.75. The van der Waals surface area contributed by atoms with Crippen LogP contribution in [0.2, 0.25) is 0 Å². The highest BCUT2D eigenvalue weighted by Crippen LogP contribution is 2.26. The number of carbonyl (C=O) groups is 1. The van der Waals surface area contributed by atoms with Crippen LogP contribution in [-0.2, 0) is 16.6 Å². The molecule has 0 aliphatic rings. The lowest BCUT2D eigenvalue weighted by Crippen LogP contribution is -2.30. The number of unbranched alkanes of at least 4 members (excludes halogenated alkanes) is 1. The van der Waals surface area contributed by atoms with E-state index in [1.54, 1.807) is 12.1 Å². The summed E-state index contributed by atoms with van der Waals surface area (Å²) in [5.41, 5.74) is 4.09. The van der Waals surface area contributed by atoms with Gasteiger partial charge in [0.05, 0.1) is 18.5 Å². The summed E-state index contributed by atoms with van der Waals surface area (Å²) in [7, 11) is -3.46. The van der Waals surface area contributed by atoms with E-state index in [1.807, 2.05) is 44.2 Å². The lowest BCUT2D eigenvalue weighted by molar-refractivity contribution is 0.0946. The van der Waals surface area contributed by atoms with Gasteiger partial charge in [-0.3, -0.25) is 9.10 Å². The zero-order chi connectivity index (χ0) is 23.0. The minimum absolute atomic E-state index is 0.0870. The van der Waals surface area contributed by atoms with Crippen molar-refractivity contribution in [1.29, 1.82) is 0 Å². The van der Waals surface area contributed by atoms with Gasteiger partial charge in [0.1, 0.15) is 0 Å². The molecule has 0 spiro atoms. The van der Waals surface area contributed by atoms with Crippen molar-refractivity contribution in [2.24, 2.45) is 5.92 Å². The molecule has 0 saturated carbocycles. The van der Waals surface area contributed by atoms with Gasteiger partial charge in [-0.1, -0.05) is 57.4 Å². The summed E-state index contributed by atoms with van der Waals surface area (Å²) in [4.78, 5) is 12.5. The molecular weight excluding hydrogens is 408 g/mol. The third-order valence-corrected chi connectivity index (χ3v) is 7.01. The van der Waals surface area contributed by atoms with E-state index in [1.165, 1.54) is 23.4 Å². The van der Waals surface area contributed by atoms with Gasteiger partial charge >= 0.3 is 0 Å². The Labute approximate surface area is 187 Å².